The van der Waals surface area contributed by atoms with Crippen LogP contribution in [0.15, 0.2) is 34.0 Å². The molecule has 140 valence electrons. The van der Waals surface area contributed by atoms with Gasteiger partial charge >= 0.3 is 0 Å². The van der Waals surface area contributed by atoms with Gasteiger partial charge in [-0.25, -0.2) is 4.98 Å². The number of hydrogen-bond donors (Lipinski definition) is 2. The third kappa shape index (κ3) is 6.68. The van der Waals surface area contributed by atoms with Crippen LogP contribution in [0.1, 0.15) is 26.0 Å². The third-order valence-corrected chi connectivity index (χ3v) is 5.64. The molecule has 1 aromatic carbocycles. The number of nitrogens with zero attached hydrogens (tertiary/aromatic N) is 1. The van der Waals surface area contributed by atoms with Crippen molar-refractivity contribution >= 4 is 40.6 Å². The minimum Gasteiger partial charge on any atom is -0.497 e. The average Bonchev–Trinajstić information content (AvgIpc) is 3.07. The molecule has 0 aliphatic rings. The van der Waals surface area contributed by atoms with Crippen molar-refractivity contribution in [3.63, 3.8) is 0 Å². The zero-order chi connectivity index (χ0) is 18.9. The molecule has 2 N–H and O–H groups in total. The van der Waals surface area contributed by atoms with Gasteiger partial charge in [-0.05, 0) is 25.5 Å². The molecule has 0 spiro atoms. The summed E-state index contributed by atoms with van der Waals surface area (Å²) < 4.78 is 5.91. The van der Waals surface area contributed by atoms with E-state index in [2.05, 4.69) is 15.6 Å². The summed E-state index contributed by atoms with van der Waals surface area (Å²) in [5.74, 6) is 0.797. The van der Waals surface area contributed by atoms with Crippen molar-refractivity contribution in [2.75, 3.05) is 18.2 Å². The molecule has 6 nitrogen and oxygen atoms in total. The molecule has 0 fully saturated rings. The molecular weight excluding hydrogens is 370 g/mol. The second-order valence-electron chi connectivity index (χ2n) is 5.73. The van der Waals surface area contributed by atoms with Gasteiger partial charge in [0.2, 0.25) is 11.8 Å². The van der Waals surface area contributed by atoms with E-state index in [-0.39, 0.29) is 30.0 Å². The molecule has 1 aromatic heterocycles. The fourth-order valence-corrected chi connectivity index (χ4v) is 3.70. The maximum atomic E-state index is 12.1. The van der Waals surface area contributed by atoms with Crippen LogP contribution in [0.5, 0.6) is 5.75 Å². The number of thiazole rings is 1. The van der Waals surface area contributed by atoms with E-state index in [0.717, 1.165) is 16.5 Å². The van der Waals surface area contributed by atoms with Gasteiger partial charge in [0.25, 0.3) is 0 Å². The first kappa shape index (κ1) is 20.3. The van der Waals surface area contributed by atoms with Crippen LogP contribution in [-0.2, 0) is 16.0 Å². The van der Waals surface area contributed by atoms with Gasteiger partial charge in [-0.15, -0.1) is 11.3 Å². The van der Waals surface area contributed by atoms with Crippen LogP contribution in [0.25, 0.3) is 0 Å². The minimum absolute atomic E-state index is 0.0306. The highest BCUT2D eigenvalue weighted by atomic mass is 32.2. The molecule has 2 amide bonds. The van der Waals surface area contributed by atoms with Gasteiger partial charge < -0.3 is 15.4 Å². The largest absolute Gasteiger partial charge is 0.497 e. The molecule has 0 bridgehead atoms. The number of carbonyl (C=O) groups is 2. The zero-order valence-corrected chi connectivity index (χ0v) is 16.7. The molecule has 1 atom stereocenters. The minimum atomic E-state index is -0.116. The van der Waals surface area contributed by atoms with Gasteiger partial charge in [0.05, 0.1) is 25.0 Å². The number of hydrogen-bond acceptors (Lipinski definition) is 6. The lowest BCUT2D eigenvalue weighted by molar-refractivity contribution is -0.121. The molecule has 1 heterocycles. The highest BCUT2D eigenvalue weighted by molar-refractivity contribution is 8.01. The number of benzene rings is 1. The number of amides is 2. The molecule has 2 rings (SSSR count). The molecule has 1 unspecified atom stereocenters. The van der Waals surface area contributed by atoms with E-state index < -0.39 is 0 Å². The number of aromatic nitrogens is 1. The SMILES string of the molecule is CCC(C)NC(=O)Cc1csc(SCC(=O)Nc2cccc(OC)c2)n1. The molecule has 2 aromatic rings. The normalized spacial score (nSPS) is 11.7. The third-order valence-electron chi connectivity index (χ3n) is 3.57. The lowest BCUT2D eigenvalue weighted by Gasteiger charge is -2.10. The summed E-state index contributed by atoms with van der Waals surface area (Å²) in [6, 6.07) is 7.37. The maximum absolute atomic E-state index is 12.1. The molecule has 0 saturated heterocycles. The van der Waals surface area contributed by atoms with E-state index in [1.807, 2.05) is 37.4 Å². The van der Waals surface area contributed by atoms with Gasteiger partial charge in [-0.2, -0.15) is 0 Å². The first-order valence-corrected chi connectivity index (χ1v) is 10.2. The van der Waals surface area contributed by atoms with Crippen molar-refractivity contribution in [3.8, 4) is 5.75 Å². The number of methoxy groups -OCH3 is 1. The van der Waals surface area contributed by atoms with Crippen LogP contribution < -0.4 is 15.4 Å². The van der Waals surface area contributed by atoms with Gasteiger partial charge in [0.1, 0.15) is 5.75 Å². The van der Waals surface area contributed by atoms with Crippen LogP contribution >= 0.6 is 23.1 Å². The summed E-state index contributed by atoms with van der Waals surface area (Å²) in [6.45, 7) is 4.00. The number of carbonyl (C=O) groups excluding carboxylic acids is 2. The summed E-state index contributed by atoms with van der Waals surface area (Å²) in [7, 11) is 1.58. The highest BCUT2D eigenvalue weighted by Gasteiger charge is 2.11. The smallest absolute Gasteiger partial charge is 0.234 e. The Bertz CT molecular complexity index is 749. The van der Waals surface area contributed by atoms with Crippen molar-refractivity contribution in [2.45, 2.75) is 37.1 Å². The Morgan fingerprint density at radius 2 is 2.15 bits per heavy atom. The summed E-state index contributed by atoms with van der Waals surface area (Å²) in [6.07, 6.45) is 1.16. The van der Waals surface area contributed by atoms with Crippen molar-refractivity contribution in [1.29, 1.82) is 0 Å². The van der Waals surface area contributed by atoms with Crippen molar-refractivity contribution in [2.24, 2.45) is 0 Å². The molecule has 0 radical (unpaired) electrons. The number of ether oxygens (including phenoxy) is 1. The van der Waals surface area contributed by atoms with Gasteiger partial charge in [-0.3, -0.25) is 9.59 Å². The topological polar surface area (TPSA) is 80.3 Å². The highest BCUT2D eigenvalue weighted by Crippen LogP contribution is 2.23. The van der Waals surface area contributed by atoms with E-state index in [1.54, 1.807) is 13.2 Å². The Morgan fingerprint density at radius 3 is 2.88 bits per heavy atom. The molecule has 0 aliphatic carbocycles. The lowest BCUT2D eigenvalue weighted by atomic mass is 10.2. The number of nitrogens with one attached hydrogen (secondary N) is 2. The Labute approximate surface area is 161 Å². The predicted molar refractivity (Wildman–Crippen MR) is 106 cm³/mol. The summed E-state index contributed by atoms with van der Waals surface area (Å²) in [4.78, 5) is 28.4. The molecular formula is C18H23N3O3S2. The maximum Gasteiger partial charge on any atom is 0.234 e. The van der Waals surface area contributed by atoms with E-state index in [4.69, 9.17) is 4.74 Å². The second-order valence-corrected chi connectivity index (χ2v) is 7.81. The van der Waals surface area contributed by atoms with Crippen molar-refractivity contribution in [3.05, 3.63) is 35.3 Å². The van der Waals surface area contributed by atoms with Crippen LogP contribution in [0.3, 0.4) is 0 Å². The van der Waals surface area contributed by atoms with Crippen LogP contribution in [-0.4, -0.2) is 35.7 Å². The zero-order valence-electron chi connectivity index (χ0n) is 15.1. The number of anilines is 1. The van der Waals surface area contributed by atoms with Gasteiger partial charge in [0.15, 0.2) is 4.34 Å². The fourth-order valence-electron chi connectivity index (χ4n) is 2.05. The van der Waals surface area contributed by atoms with Gasteiger partial charge in [0, 0.05) is 23.2 Å². The monoisotopic (exact) mass is 393 g/mol. The van der Waals surface area contributed by atoms with E-state index in [9.17, 15) is 9.59 Å². The molecule has 0 saturated carbocycles. The number of rotatable bonds is 9. The summed E-state index contributed by atoms with van der Waals surface area (Å²) in [5, 5.41) is 7.61. The van der Waals surface area contributed by atoms with Crippen molar-refractivity contribution < 1.29 is 14.3 Å². The summed E-state index contributed by atoms with van der Waals surface area (Å²) >= 11 is 2.80. The number of thioether (sulfide) groups is 1. The standard InChI is InChI=1S/C18H23N3O3S2/c1-4-12(2)19-16(22)9-14-10-25-18(21-14)26-11-17(23)20-13-6-5-7-15(8-13)24-3/h5-8,10,12H,4,9,11H2,1-3H3,(H,19,22)(H,20,23). The van der Waals surface area contributed by atoms with Crippen LogP contribution in [0.2, 0.25) is 0 Å². The Balaban J connectivity index is 1.79. The lowest BCUT2D eigenvalue weighted by Crippen LogP contribution is -2.33. The first-order chi connectivity index (χ1) is 12.5. The molecule has 0 aliphatic heterocycles. The average molecular weight is 394 g/mol. The van der Waals surface area contributed by atoms with Crippen molar-refractivity contribution in [1.82, 2.24) is 10.3 Å². The van der Waals surface area contributed by atoms with E-state index in [1.165, 1.54) is 23.1 Å². The summed E-state index contributed by atoms with van der Waals surface area (Å²) in [5.41, 5.74) is 1.42. The van der Waals surface area contributed by atoms with Crippen LogP contribution in [0.4, 0.5) is 5.69 Å². The Kier molecular flexibility index (Phi) is 7.93. The Hall–Kier alpha value is -2.06. The van der Waals surface area contributed by atoms with Crippen LogP contribution in [0, 0.1) is 0 Å². The van der Waals surface area contributed by atoms with Gasteiger partial charge in [-0.1, -0.05) is 24.8 Å². The quantitative estimate of drug-likeness (QED) is 0.639. The molecule has 26 heavy (non-hydrogen) atoms. The predicted octanol–water partition coefficient (Wildman–Crippen LogP) is 3.34. The fraction of sp³-hybridized carbons (Fsp3) is 0.389. The molecule has 8 heteroatoms. The first-order valence-electron chi connectivity index (χ1n) is 8.30. The Morgan fingerprint density at radius 1 is 1.35 bits per heavy atom. The van der Waals surface area contributed by atoms with E-state index >= 15 is 0 Å². The van der Waals surface area contributed by atoms with E-state index in [0.29, 0.717) is 11.4 Å². The second kappa shape index (κ2) is 10.2.